The Morgan fingerprint density at radius 2 is 1.62 bits per heavy atom. The van der Waals surface area contributed by atoms with Gasteiger partial charge in [0.2, 0.25) is 0 Å². The Bertz CT molecular complexity index is 258. The number of rotatable bonds is 1. The predicted octanol–water partition coefficient (Wildman–Crippen LogP) is -0.308. The normalized spacial score (nSPS) is 9.08. The van der Waals surface area contributed by atoms with Crippen molar-refractivity contribution in [2.75, 3.05) is 7.11 Å². The standard InChI is InChI=1S/C5H5N.CH4O4S.H2O/c1-2-4-6-5-3-1;1-5-6(2,3)4;/h1-5H;1H3,(H,2,3,4);1H2. The van der Waals surface area contributed by atoms with Gasteiger partial charge in [-0.15, -0.1) is 0 Å². The second kappa shape index (κ2) is 7.62. The summed E-state index contributed by atoms with van der Waals surface area (Å²) in [6, 6.07) is 5.72. The van der Waals surface area contributed by atoms with Gasteiger partial charge in [-0.25, -0.2) is 0 Å². The van der Waals surface area contributed by atoms with E-state index in [1.807, 2.05) is 18.2 Å². The van der Waals surface area contributed by atoms with E-state index < -0.39 is 10.4 Å². The van der Waals surface area contributed by atoms with Gasteiger partial charge < -0.3 is 5.48 Å². The van der Waals surface area contributed by atoms with E-state index in [0.29, 0.717) is 0 Å². The van der Waals surface area contributed by atoms with Crippen LogP contribution in [0.4, 0.5) is 0 Å². The summed E-state index contributed by atoms with van der Waals surface area (Å²) in [5, 5.41) is 0. The Morgan fingerprint density at radius 1 is 1.23 bits per heavy atom. The zero-order valence-corrected chi connectivity index (χ0v) is 7.73. The van der Waals surface area contributed by atoms with Crippen molar-refractivity contribution in [1.29, 1.82) is 0 Å². The van der Waals surface area contributed by atoms with Crippen LogP contribution in [-0.4, -0.2) is 30.5 Å². The second-order valence-electron chi connectivity index (χ2n) is 1.62. The van der Waals surface area contributed by atoms with Crippen molar-refractivity contribution in [2.45, 2.75) is 0 Å². The maximum absolute atomic E-state index is 9.33. The fourth-order valence-electron chi connectivity index (χ4n) is 0.313. The Morgan fingerprint density at radius 3 is 1.69 bits per heavy atom. The highest BCUT2D eigenvalue weighted by molar-refractivity contribution is 7.80. The van der Waals surface area contributed by atoms with Gasteiger partial charge in [-0.2, -0.15) is 8.42 Å². The zero-order chi connectivity index (χ0) is 9.45. The summed E-state index contributed by atoms with van der Waals surface area (Å²) in [6.45, 7) is 0. The monoisotopic (exact) mass is 209 g/mol. The van der Waals surface area contributed by atoms with Crippen LogP contribution < -0.4 is 0 Å². The van der Waals surface area contributed by atoms with Gasteiger partial charge in [0.15, 0.2) is 0 Å². The summed E-state index contributed by atoms with van der Waals surface area (Å²) in [5.74, 6) is 0. The minimum absolute atomic E-state index is 0. The first-order valence-corrected chi connectivity index (χ1v) is 4.31. The Labute approximate surface area is 76.5 Å². The van der Waals surface area contributed by atoms with Crippen LogP contribution in [0, 0.1) is 0 Å². The zero-order valence-electron chi connectivity index (χ0n) is 6.91. The number of nitrogens with zero attached hydrogens (tertiary/aromatic N) is 1. The van der Waals surface area contributed by atoms with Crippen molar-refractivity contribution in [1.82, 2.24) is 4.98 Å². The highest BCUT2D eigenvalue weighted by Crippen LogP contribution is 1.75. The summed E-state index contributed by atoms with van der Waals surface area (Å²) < 4.78 is 29.7. The molecule has 0 saturated heterocycles. The Balaban J connectivity index is 0. The molecule has 0 aromatic carbocycles. The first-order valence-electron chi connectivity index (χ1n) is 2.94. The molecule has 6 nitrogen and oxygen atoms in total. The quantitative estimate of drug-likeness (QED) is 0.638. The topological polar surface area (TPSA) is 108 Å². The Kier molecular flexibility index (Phi) is 8.50. The van der Waals surface area contributed by atoms with E-state index in [2.05, 4.69) is 9.17 Å². The minimum atomic E-state index is -4.16. The molecule has 0 radical (unpaired) electrons. The smallest absolute Gasteiger partial charge is 0.397 e. The van der Waals surface area contributed by atoms with Gasteiger partial charge in [0.05, 0.1) is 7.11 Å². The van der Waals surface area contributed by atoms with E-state index in [1.54, 1.807) is 12.4 Å². The highest BCUT2D eigenvalue weighted by atomic mass is 32.3. The Hall–Kier alpha value is -1.02. The lowest BCUT2D eigenvalue weighted by Crippen LogP contribution is -1.96. The molecular formula is C6H11NO5S. The summed E-state index contributed by atoms with van der Waals surface area (Å²) in [6.07, 6.45) is 3.50. The van der Waals surface area contributed by atoms with E-state index in [4.69, 9.17) is 4.55 Å². The third-order valence-corrected chi connectivity index (χ3v) is 1.20. The molecular weight excluding hydrogens is 198 g/mol. The maximum Gasteiger partial charge on any atom is 0.397 e. The highest BCUT2D eigenvalue weighted by Gasteiger charge is 1.93. The number of aromatic nitrogens is 1. The van der Waals surface area contributed by atoms with E-state index in [0.717, 1.165) is 7.11 Å². The fourth-order valence-corrected chi connectivity index (χ4v) is 0.313. The molecule has 0 saturated carbocycles. The molecule has 0 atom stereocenters. The van der Waals surface area contributed by atoms with E-state index in [-0.39, 0.29) is 5.48 Å². The van der Waals surface area contributed by atoms with Crippen molar-refractivity contribution in [3.05, 3.63) is 30.6 Å². The van der Waals surface area contributed by atoms with Crippen LogP contribution in [0.2, 0.25) is 0 Å². The lowest BCUT2D eigenvalue weighted by Gasteiger charge is -1.82. The van der Waals surface area contributed by atoms with Crippen molar-refractivity contribution in [3.63, 3.8) is 0 Å². The molecule has 0 aliphatic heterocycles. The van der Waals surface area contributed by atoms with Gasteiger partial charge in [0, 0.05) is 12.4 Å². The van der Waals surface area contributed by atoms with E-state index >= 15 is 0 Å². The molecule has 0 amide bonds. The molecule has 7 heteroatoms. The van der Waals surface area contributed by atoms with Gasteiger partial charge in [0.1, 0.15) is 0 Å². The molecule has 0 aliphatic carbocycles. The molecule has 0 bridgehead atoms. The van der Waals surface area contributed by atoms with Crippen LogP contribution in [0.15, 0.2) is 30.6 Å². The summed E-state index contributed by atoms with van der Waals surface area (Å²) >= 11 is 0. The van der Waals surface area contributed by atoms with Crippen LogP contribution in [-0.2, 0) is 14.6 Å². The lowest BCUT2D eigenvalue weighted by molar-refractivity contribution is 0.324. The van der Waals surface area contributed by atoms with E-state index in [9.17, 15) is 8.42 Å². The van der Waals surface area contributed by atoms with E-state index in [1.165, 1.54) is 0 Å². The molecule has 1 heterocycles. The van der Waals surface area contributed by atoms with Crippen LogP contribution in [0.25, 0.3) is 0 Å². The van der Waals surface area contributed by atoms with Crippen molar-refractivity contribution < 1.29 is 22.6 Å². The van der Waals surface area contributed by atoms with Gasteiger partial charge in [-0.1, -0.05) is 6.07 Å². The van der Waals surface area contributed by atoms with Crippen LogP contribution >= 0.6 is 0 Å². The fraction of sp³-hybridized carbons (Fsp3) is 0.167. The summed E-state index contributed by atoms with van der Waals surface area (Å²) in [4.78, 5) is 3.78. The SMILES string of the molecule is COS(=O)(=O)O.O.c1ccncc1. The predicted molar refractivity (Wildman–Crippen MR) is 46.4 cm³/mol. The summed E-state index contributed by atoms with van der Waals surface area (Å²) in [5.41, 5.74) is 0. The third-order valence-electron chi connectivity index (χ3n) is 0.777. The maximum atomic E-state index is 9.33. The number of hydrogen-bond donors (Lipinski definition) is 1. The molecule has 3 N–H and O–H groups in total. The largest absolute Gasteiger partial charge is 0.412 e. The average Bonchev–Trinajstić information content (AvgIpc) is 2.07. The van der Waals surface area contributed by atoms with Gasteiger partial charge in [0.25, 0.3) is 0 Å². The molecule has 0 unspecified atom stereocenters. The number of pyridine rings is 1. The average molecular weight is 209 g/mol. The first-order chi connectivity index (χ1) is 5.56. The van der Waals surface area contributed by atoms with Gasteiger partial charge >= 0.3 is 10.4 Å². The van der Waals surface area contributed by atoms with Crippen LogP contribution in [0.3, 0.4) is 0 Å². The molecule has 0 spiro atoms. The molecule has 13 heavy (non-hydrogen) atoms. The summed E-state index contributed by atoms with van der Waals surface area (Å²) in [7, 11) is -3.29. The molecule has 1 aromatic heterocycles. The first kappa shape index (κ1) is 14.5. The molecule has 1 aromatic rings. The molecule has 1 rings (SSSR count). The minimum Gasteiger partial charge on any atom is -0.412 e. The molecule has 76 valence electrons. The lowest BCUT2D eigenvalue weighted by atomic mass is 10.5. The second-order valence-corrected chi connectivity index (χ2v) is 2.81. The van der Waals surface area contributed by atoms with Crippen LogP contribution in [0.1, 0.15) is 0 Å². The van der Waals surface area contributed by atoms with Gasteiger partial charge in [-0.05, 0) is 12.1 Å². The molecule has 0 aliphatic rings. The molecule has 0 fully saturated rings. The van der Waals surface area contributed by atoms with Crippen molar-refractivity contribution in [2.24, 2.45) is 0 Å². The van der Waals surface area contributed by atoms with Crippen molar-refractivity contribution in [3.8, 4) is 0 Å². The number of hydrogen-bond acceptors (Lipinski definition) is 4. The van der Waals surface area contributed by atoms with Gasteiger partial charge in [-0.3, -0.25) is 13.7 Å². The third kappa shape index (κ3) is 13.9. The van der Waals surface area contributed by atoms with Crippen molar-refractivity contribution >= 4 is 10.4 Å². The van der Waals surface area contributed by atoms with Crippen LogP contribution in [0.5, 0.6) is 0 Å².